The molecule has 0 amide bonds. The van der Waals surface area contributed by atoms with E-state index in [4.69, 9.17) is 0 Å². The van der Waals surface area contributed by atoms with Crippen LogP contribution in [0, 0.1) is 5.82 Å². The number of thioether (sulfide) groups is 1. The Hall–Kier alpha value is -1.86. The molecule has 0 radical (unpaired) electrons. The third-order valence-electron chi connectivity index (χ3n) is 3.93. The quantitative estimate of drug-likeness (QED) is 0.495. The summed E-state index contributed by atoms with van der Waals surface area (Å²) in [5.41, 5.74) is 3.10. The van der Waals surface area contributed by atoms with Crippen LogP contribution in [0.15, 0.2) is 53.5 Å². The van der Waals surface area contributed by atoms with E-state index in [0.717, 1.165) is 22.4 Å². The first kappa shape index (κ1) is 21.4. The Bertz CT molecular complexity index is 769. The van der Waals surface area contributed by atoms with Crippen LogP contribution < -0.4 is 10.6 Å². The van der Waals surface area contributed by atoms with E-state index >= 15 is 0 Å². The highest BCUT2D eigenvalue weighted by atomic mass is 32.2. The minimum atomic E-state index is -0.928. The first-order valence-electron chi connectivity index (χ1n) is 8.72. The standard InChI is InChI=1S/C20H26FN3OS2/c1-22-20(23-10-11-27(25)15-16-6-4-3-5-7-16)24-13-17-8-9-19(21)12-18(17)14-26-2/h3-9,12H,10-11,13-15H2,1-2H3,(H2,22,23,24). The molecule has 0 aromatic heterocycles. The maximum Gasteiger partial charge on any atom is 0.191 e. The number of hydrogen-bond acceptors (Lipinski definition) is 3. The van der Waals surface area contributed by atoms with E-state index in [0.29, 0.717) is 30.6 Å². The molecular weight excluding hydrogens is 381 g/mol. The predicted molar refractivity (Wildman–Crippen MR) is 115 cm³/mol. The van der Waals surface area contributed by atoms with Gasteiger partial charge in [0.1, 0.15) is 5.82 Å². The molecule has 2 N–H and O–H groups in total. The van der Waals surface area contributed by atoms with Crippen molar-refractivity contribution in [3.05, 3.63) is 71.0 Å². The van der Waals surface area contributed by atoms with Crippen molar-refractivity contribution < 1.29 is 8.60 Å². The Morgan fingerprint density at radius 2 is 1.93 bits per heavy atom. The summed E-state index contributed by atoms with van der Waals surface area (Å²) < 4.78 is 25.6. The molecule has 0 saturated carbocycles. The molecule has 0 aliphatic carbocycles. The van der Waals surface area contributed by atoms with Crippen LogP contribution >= 0.6 is 11.8 Å². The van der Waals surface area contributed by atoms with Crippen LogP contribution in [0.5, 0.6) is 0 Å². The molecule has 0 saturated heterocycles. The summed E-state index contributed by atoms with van der Waals surface area (Å²) in [5.74, 6) is 2.29. The molecule has 0 aliphatic rings. The normalized spacial score (nSPS) is 12.6. The second-order valence-corrected chi connectivity index (χ2v) is 8.42. The molecule has 4 nitrogen and oxygen atoms in total. The number of hydrogen-bond donors (Lipinski definition) is 2. The molecule has 2 aromatic rings. The molecule has 0 aliphatic heterocycles. The summed E-state index contributed by atoms with van der Waals surface area (Å²) in [6.45, 7) is 1.13. The van der Waals surface area contributed by atoms with Crippen LogP contribution in [-0.4, -0.2) is 35.8 Å². The third-order valence-corrected chi connectivity index (χ3v) is 5.85. The molecule has 7 heteroatoms. The molecule has 0 spiro atoms. The minimum absolute atomic E-state index is 0.216. The van der Waals surface area contributed by atoms with Gasteiger partial charge in [-0.25, -0.2) is 4.39 Å². The summed E-state index contributed by atoms with van der Waals surface area (Å²) in [6, 6.07) is 14.7. The lowest BCUT2D eigenvalue weighted by atomic mass is 10.1. The Morgan fingerprint density at radius 3 is 2.63 bits per heavy atom. The lowest BCUT2D eigenvalue weighted by molar-refractivity contribution is 0.625. The predicted octanol–water partition coefficient (Wildman–Crippen LogP) is 3.30. The summed E-state index contributed by atoms with van der Waals surface area (Å²) >= 11 is 1.66. The Morgan fingerprint density at radius 1 is 1.15 bits per heavy atom. The van der Waals surface area contributed by atoms with Crippen molar-refractivity contribution in [3.63, 3.8) is 0 Å². The zero-order chi connectivity index (χ0) is 19.5. The van der Waals surface area contributed by atoms with Crippen LogP contribution in [0.3, 0.4) is 0 Å². The van der Waals surface area contributed by atoms with Crippen LogP contribution in [0.2, 0.25) is 0 Å². The summed E-state index contributed by atoms with van der Waals surface area (Å²) in [7, 11) is 0.770. The van der Waals surface area contributed by atoms with Gasteiger partial charge < -0.3 is 10.6 Å². The summed E-state index contributed by atoms with van der Waals surface area (Å²) in [5, 5.41) is 6.42. The number of benzene rings is 2. The van der Waals surface area contributed by atoms with Crippen molar-refractivity contribution in [2.75, 3.05) is 25.6 Å². The zero-order valence-electron chi connectivity index (χ0n) is 15.7. The molecule has 2 aromatic carbocycles. The molecule has 146 valence electrons. The van der Waals surface area contributed by atoms with Gasteiger partial charge in [0.25, 0.3) is 0 Å². The second-order valence-electron chi connectivity index (χ2n) is 5.97. The highest BCUT2D eigenvalue weighted by molar-refractivity contribution is 7.97. The average Bonchev–Trinajstić information content (AvgIpc) is 2.67. The van der Waals surface area contributed by atoms with Crippen LogP contribution in [-0.2, 0) is 28.9 Å². The van der Waals surface area contributed by atoms with Crippen LogP contribution in [0.25, 0.3) is 0 Å². The fraction of sp³-hybridized carbons (Fsp3) is 0.350. The van der Waals surface area contributed by atoms with Gasteiger partial charge in [0.05, 0.1) is 0 Å². The largest absolute Gasteiger partial charge is 0.355 e. The second kappa shape index (κ2) is 11.8. The van der Waals surface area contributed by atoms with E-state index < -0.39 is 10.8 Å². The molecule has 1 atom stereocenters. The van der Waals surface area contributed by atoms with Crippen LogP contribution in [0.4, 0.5) is 4.39 Å². The van der Waals surface area contributed by atoms with Crippen molar-refractivity contribution in [1.82, 2.24) is 10.6 Å². The van der Waals surface area contributed by atoms with E-state index in [1.54, 1.807) is 30.9 Å². The number of rotatable bonds is 9. The van der Waals surface area contributed by atoms with Gasteiger partial charge in [-0.3, -0.25) is 9.20 Å². The van der Waals surface area contributed by atoms with Crippen molar-refractivity contribution in [3.8, 4) is 0 Å². The van der Waals surface area contributed by atoms with Gasteiger partial charge >= 0.3 is 0 Å². The zero-order valence-corrected chi connectivity index (χ0v) is 17.3. The fourth-order valence-corrected chi connectivity index (χ4v) is 4.19. The minimum Gasteiger partial charge on any atom is -0.355 e. The first-order chi connectivity index (χ1) is 13.1. The Balaban J connectivity index is 1.78. The lowest BCUT2D eigenvalue weighted by Gasteiger charge is -2.14. The van der Waals surface area contributed by atoms with Crippen molar-refractivity contribution in [2.24, 2.45) is 4.99 Å². The maximum atomic E-state index is 13.4. The Labute approximate surface area is 167 Å². The van der Waals surface area contributed by atoms with Crippen LogP contribution in [0.1, 0.15) is 16.7 Å². The fourth-order valence-electron chi connectivity index (χ4n) is 2.57. The van der Waals surface area contributed by atoms with Gasteiger partial charge in [0.15, 0.2) is 5.96 Å². The number of halogens is 1. The number of nitrogens with one attached hydrogen (secondary N) is 2. The van der Waals surface area contributed by atoms with Gasteiger partial charge in [-0.05, 0) is 35.1 Å². The first-order valence-corrected chi connectivity index (χ1v) is 11.6. The smallest absolute Gasteiger partial charge is 0.191 e. The van der Waals surface area contributed by atoms with Crippen molar-refractivity contribution in [2.45, 2.75) is 18.1 Å². The van der Waals surface area contributed by atoms with Gasteiger partial charge in [0, 0.05) is 48.2 Å². The lowest BCUT2D eigenvalue weighted by Crippen LogP contribution is -2.38. The number of nitrogens with zero attached hydrogens (tertiary/aromatic N) is 1. The maximum absolute atomic E-state index is 13.4. The molecule has 1 unspecified atom stereocenters. The molecule has 0 fully saturated rings. The molecule has 0 heterocycles. The topological polar surface area (TPSA) is 53.5 Å². The molecule has 27 heavy (non-hydrogen) atoms. The highest BCUT2D eigenvalue weighted by Gasteiger charge is 2.06. The average molecular weight is 408 g/mol. The SMILES string of the molecule is CN=C(NCCS(=O)Cc1ccccc1)NCc1ccc(F)cc1CSC. The number of guanidine groups is 1. The van der Waals surface area contributed by atoms with Gasteiger partial charge in [0.2, 0.25) is 0 Å². The van der Waals surface area contributed by atoms with E-state index in [1.165, 1.54) is 6.07 Å². The van der Waals surface area contributed by atoms with Crippen molar-refractivity contribution >= 4 is 28.5 Å². The van der Waals surface area contributed by atoms with Gasteiger partial charge in [-0.15, -0.1) is 0 Å². The summed E-state index contributed by atoms with van der Waals surface area (Å²) in [6.07, 6.45) is 2.00. The Kier molecular flexibility index (Phi) is 9.35. The van der Waals surface area contributed by atoms with Gasteiger partial charge in [-0.1, -0.05) is 36.4 Å². The summed E-state index contributed by atoms with van der Waals surface area (Å²) in [4.78, 5) is 4.19. The van der Waals surface area contributed by atoms with E-state index in [9.17, 15) is 8.60 Å². The third kappa shape index (κ3) is 7.72. The van der Waals surface area contributed by atoms with E-state index in [1.807, 2.05) is 36.6 Å². The molecule has 2 rings (SSSR count). The van der Waals surface area contributed by atoms with E-state index in [-0.39, 0.29) is 5.82 Å². The monoisotopic (exact) mass is 407 g/mol. The highest BCUT2D eigenvalue weighted by Crippen LogP contribution is 2.16. The van der Waals surface area contributed by atoms with Gasteiger partial charge in [-0.2, -0.15) is 11.8 Å². The van der Waals surface area contributed by atoms with Crippen molar-refractivity contribution in [1.29, 1.82) is 0 Å². The van der Waals surface area contributed by atoms with E-state index in [2.05, 4.69) is 15.6 Å². The molecular formula is C20H26FN3OS2. The molecule has 0 bridgehead atoms. The number of aliphatic imine (C=N–C) groups is 1.